The van der Waals surface area contributed by atoms with Crippen LogP contribution >= 0.6 is 11.6 Å². The van der Waals surface area contributed by atoms with Gasteiger partial charge in [0, 0.05) is 11.6 Å². The highest BCUT2D eigenvalue weighted by atomic mass is 35.5. The Morgan fingerprint density at radius 1 is 1.24 bits per heavy atom. The van der Waals surface area contributed by atoms with Crippen molar-refractivity contribution in [3.05, 3.63) is 52.5 Å². The Kier molecular flexibility index (Phi) is 5.19. The predicted octanol–water partition coefficient (Wildman–Crippen LogP) is 2.78. The van der Waals surface area contributed by atoms with Crippen molar-refractivity contribution < 1.29 is 23.0 Å². The molecule has 0 aliphatic carbocycles. The number of aliphatic hydroxyl groups is 1. The molecule has 2 N–H and O–H groups in total. The van der Waals surface area contributed by atoms with Gasteiger partial charge in [-0.2, -0.15) is 0 Å². The molecule has 0 aromatic heterocycles. The minimum absolute atomic E-state index is 0.0872. The fourth-order valence-electron chi connectivity index (χ4n) is 2.57. The van der Waals surface area contributed by atoms with Gasteiger partial charge in [-0.25, -0.2) is 13.1 Å². The van der Waals surface area contributed by atoms with Crippen LogP contribution in [0.4, 0.5) is 0 Å². The van der Waals surface area contributed by atoms with E-state index in [0.717, 1.165) is 0 Å². The lowest BCUT2D eigenvalue weighted by Gasteiger charge is -2.13. The summed E-state index contributed by atoms with van der Waals surface area (Å²) in [6.07, 6.45) is -0.601. The second-order valence-electron chi connectivity index (χ2n) is 5.68. The summed E-state index contributed by atoms with van der Waals surface area (Å²) in [6, 6.07) is 9.87. The molecule has 1 atom stereocenters. The number of hydrogen-bond acceptors (Lipinski definition) is 5. The third-order valence-electron chi connectivity index (χ3n) is 4.00. The Bertz CT molecular complexity index is 885. The minimum atomic E-state index is -3.69. The van der Waals surface area contributed by atoms with Crippen LogP contribution in [0.5, 0.6) is 11.5 Å². The summed E-state index contributed by atoms with van der Waals surface area (Å²) in [7, 11) is -3.69. The lowest BCUT2D eigenvalue weighted by molar-refractivity contribution is 0.166. The number of benzene rings is 2. The van der Waals surface area contributed by atoms with Gasteiger partial charge in [-0.15, -0.1) is 0 Å². The maximum atomic E-state index is 12.4. The molecule has 1 heterocycles. The Labute approximate surface area is 151 Å². The third kappa shape index (κ3) is 3.90. The van der Waals surface area contributed by atoms with Gasteiger partial charge in [0.25, 0.3) is 0 Å². The van der Waals surface area contributed by atoms with Gasteiger partial charge in [0.05, 0.1) is 11.0 Å². The zero-order valence-corrected chi connectivity index (χ0v) is 15.1. The topological polar surface area (TPSA) is 84.9 Å². The van der Waals surface area contributed by atoms with Crippen molar-refractivity contribution in [2.75, 3.05) is 13.3 Å². The van der Waals surface area contributed by atoms with Gasteiger partial charge in [0.2, 0.25) is 16.8 Å². The molecule has 134 valence electrons. The van der Waals surface area contributed by atoms with E-state index in [4.69, 9.17) is 21.1 Å². The number of rotatable bonds is 6. The van der Waals surface area contributed by atoms with Crippen molar-refractivity contribution in [3.63, 3.8) is 0 Å². The Hall–Kier alpha value is -1.80. The van der Waals surface area contributed by atoms with Gasteiger partial charge in [0.15, 0.2) is 11.5 Å². The van der Waals surface area contributed by atoms with E-state index in [9.17, 15) is 13.5 Å². The van der Waals surface area contributed by atoms with E-state index in [1.165, 1.54) is 6.07 Å². The van der Waals surface area contributed by atoms with Crippen molar-refractivity contribution >= 4 is 21.6 Å². The summed E-state index contributed by atoms with van der Waals surface area (Å²) < 4.78 is 37.8. The van der Waals surface area contributed by atoms with E-state index in [1.54, 1.807) is 37.3 Å². The van der Waals surface area contributed by atoms with Crippen LogP contribution in [-0.2, 0) is 10.0 Å². The molecule has 0 saturated heterocycles. The smallest absolute Gasteiger partial charge is 0.240 e. The molecule has 0 saturated carbocycles. The average Bonchev–Trinajstić information content (AvgIpc) is 3.04. The lowest BCUT2D eigenvalue weighted by atomic mass is 10.1. The normalized spacial score (nSPS) is 14.5. The highest BCUT2D eigenvalue weighted by Crippen LogP contribution is 2.34. The molecule has 0 radical (unpaired) electrons. The minimum Gasteiger partial charge on any atom is -0.454 e. The molecular weight excluding hydrogens is 366 g/mol. The molecule has 0 spiro atoms. The van der Waals surface area contributed by atoms with Crippen LogP contribution in [0.3, 0.4) is 0 Å². The van der Waals surface area contributed by atoms with Crippen molar-refractivity contribution in [1.29, 1.82) is 0 Å². The molecule has 25 heavy (non-hydrogen) atoms. The maximum Gasteiger partial charge on any atom is 0.240 e. The number of nitrogens with one attached hydrogen (secondary N) is 1. The predicted molar refractivity (Wildman–Crippen MR) is 93.5 cm³/mol. The van der Waals surface area contributed by atoms with E-state index in [-0.39, 0.29) is 24.7 Å². The molecule has 0 amide bonds. The summed E-state index contributed by atoms with van der Waals surface area (Å²) >= 11 is 5.98. The first-order chi connectivity index (χ1) is 11.9. The first-order valence-corrected chi connectivity index (χ1v) is 9.57. The van der Waals surface area contributed by atoms with Crippen molar-refractivity contribution in [2.45, 2.75) is 24.3 Å². The van der Waals surface area contributed by atoms with E-state index in [1.807, 2.05) is 0 Å². The van der Waals surface area contributed by atoms with Crippen molar-refractivity contribution in [1.82, 2.24) is 4.72 Å². The van der Waals surface area contributed by atoms with Gasteiger partial charge in [-0.05, 0) is 48.7 Å². The molecular formula is C17H18ClNO5S. The van der Waals surface area contributed by atoms with Crippen LogP contribution in [0.2, 0.25) is 5.02 Å². The SMILES string of the molecule is Cc1c(Cl)cccc1S(=O)(=O)NCC[C@@H](O)c1ccc2c(c1)OCO2. The van der Waals surface area contributed by atoms with Crippen LogP contribution in [0.15, 0.2) is 41.3 Å². The maximum absolute atomic E-state index is 12.4. The molecule has 1 aliphatic rings. The van der Waals surface area contributed by atoms with Crippen molar-refractivity contribution in [2.24, 2.45) is 0 Å². The zero-order chi connectivity index (χ0) is 18.0. The van der Waals surface area contributed by atoms with Gasteiger partial charge >= 0.3 is 0 Å². The van der Waals surface area contributed by atoms with Crippen LogP contribution in [0.1, 0.15) is 23.7 Å². The molecule has 6 nitrogen and oxygen atoms in total. The van der Waals surface area contributed by atoms with E-state index in [0.29, 0.717) is 27.6 Å². The van der Waals surface area contributed by atoms with E-state index >= 15 is 0 Å². The van der Waals surface area contributed by atoms with Gasteiger partial charge < -0.3 is 14.6 Å². The van der Waals surface area contributed by atoms with Crippen LogP contribution < -0.4 is 14.2 Å². The Balaban J connectivity index is 1.63. The lowest BCUT2D eigenvalue weighted by Crippen LogP contribution is -2.26. The fourth-order valence-corrected chi connectivity index (χ4v) is 4.12. The largest absolute Gasteiger partial charge is 0.454 e. The monoisotopic (exact) mass is 383 g/mol. The Morgan fingerprint density at radius 3 is 2.80 bits per heavy atom. The summed E-state index contributed by atoms with van der Waals surface area (Å²) in [5, 5.41) is 10.7. The average molecular weight is 384 g/mol. The number of sulfonamides is 1. The van der Waals surface area contributed by atoms with Crippen LogP contribution in [0.25, 0.3) is 0 Å². The molecule has 1 aliphatic heterocycles. The number of ether oxygens (including phenoxy) is 2. The van der Waals surface area contributed by atoms with Crippen molar-refractivity contribution in [3.8, 4) is 11.5 Å². The van der Waals surface area contributed by atoms with Crippen LogP contribution in [0, 0.1) is 6.92 Å². The number of hydrogen-bond donors (Lipinski definition) is 2. The molecule has 2 aromatic carbocycles. The van der Waals surface area contributed by atoms with Gasteiger partial charge in [0.1, 0.15) is 0 Å². The summed E-state index contributed by atoms with van der Waals surface area (Å²) in [4.78, 5) is 0.137. The number of aliphatic hydroxyl groups excluding tert-OH is 1. The standard InChI is InChI=1S/C17H18ClNO5S/c1-11-13(18)3-2-4-17(11)25(21,22)19-8-7-14(20)12-5-6-15-16(9-12)24-10-23-15/h2-6,9,14,19-20H,7-8,10H2,1H3/t14-/m1/s1. The highest BCUT2D eigenvalue weighted by Gasteiger charge is 2.20. The molecule has 0 bridgehead atoms. The first kappa shape index (κ1) is 18.0. The fraction of sp³-hybridized carbons (Fsp3) is 0.294. The second kappa shape index (κ2) is 7.21. The van der Waals surface area contributed by atoms with E-state index in [2.05, 4.69) is 4.72 Å². The van der Waals surface area contributed by atoms with Crippen LogP contribution in [-0.4, -0.2) is 26.9 Å². The summed E-state index contributed by atoms with van der Waals surface area (Å²) in [6.45, 7) is 1.90. The molecule has 0 fully saturated rings. The highest BCUT2D eigenvalue weighted by molar-refractivity contribution is 7.89. The second-order valence-corrected chi connectivity index (χ2v) is 7.82. The summed E-state index contributed by atoms with van der Waals surface area (Å²) in [5.41, 5.74) is 1.13. The molecule has 0 unspecified atom stereocenters. The quantitative estimate of drug-likeness (QED) is 0.801. The number of halogens is 1. The summed E-state index contributed by atoms with van der Waals surface area (Å²) in [5.74, 6) is 1.21. The first-order valence-electron chi connectivity index (χ1n) is 7.71. The zero-order valence-electron chi connectivity index (χ0n) is 13.5. The Morgan fingerprint density at radius 2 is 2.00 bits per heavy atom. The third-order valence-corrected chi connectivity index (χ3v) is 6.01. The molecule has 3 rings (SSSR count). The number of fused-ring (bicyclic) bond motifs is 1. The van der Waals surface area contributed by atoms with Gasteiger partial charge in [-0.1, -0.05) is 23.7 Å². The molecule has 8 heteroatoms. The molecule has 2 aromatic rings. The van der Waals surface area contributed by atoms with E-state index < -0.39 is 16.1 Å². The van der Waals surface area contributed by atoms with Gasteiger partial charge in [-0.3, -0.25) is 0 Å².